The van der Waals surface area contributed by atoms with Crippen molar-refractivity contribution in [3.8, 4) is 5.75 Å². The van der Waals surface area contributed by atoms with Gasteiger partial charge in [-0.05, 0) is 48.9 Å². The van der Waals surface area contributed by atoms with Gasteiger partial charge < -0.3 is 10.1 Å². The van der Waals surface area contributed by atoms with E-state index in [1.165, 1.54) is 0 Å². The monoisotopic (exact) mass is 374 g/mol. The van der Waals surface area contributed by atoms with Crippen LogP contribution in [0.1, 0.15) is 18.5 Å². The maximum Gasteiger partial charge on any atom is 0.258 e. The minimum atomic E-state index is -0.230. The van der Waals surface area contributed by atoms with Crippen LogP contribution in [0, 0.1) is 0 Å². The second-order valence-corrected chi connectivity index (χ2v) is 6.42. The van der Waals surface area contributed by atoms with Crippen molar-refractivity contribution in [3.05, 3.63) is 70.3 Å². The average Bonchev–Trinajstić information content (AvgIpc) is 2.61. The fraction of sp³-hybridized carbons (Fsp3) is 0.158. The van der Waals surface area contributed by atoms with Gasteiger partial charge in [-0.15, -0.1) is 0 Å². The van der Waals surface area contributed by atoms with Crippen LogP contribution in [0.4, 0.5) is 0 Å². The molecular formula is C19H16Cl2N2O2. The Bertz CT molecular complexity index is 915. The standard InChI is InChI=1S/C19H16Cl2N2O2/c1-12(13-4-2-5-14(20)10-13)23-18(24)11-25-17-8-7-16(21)15-6-3-9-22-19(15)17/h2-10,12H,11H2,1H3,(H,23,24)/t12-/m1/s1. The quantitative estimate of drug-likeness (QED) is 0.697. The minimum absolute atomic E-state index is 0.113. The summed E-state index contributed by atoms with van der Waals surface area (Å²) in [7, 11) is 0. The number of fused-ring (bicyclic) bond motifs is 1. The number of benzene rings is 2. The van der Waals surface area contributed by atoms with Gasteiger partial charge in [0.2, 0.25) is 0 Å². The summed E-state index contributed by atoms with van der Waals surface area (Å²) in [4.78, 5) is 16.5. The van der Waals surface area contributed by atoms with Crippen LogP contribution in [0.3, 0.4) is 0 Å². The first-order valence-electron chi connectivity index (χ1n) is 7.75. The molecule has 1 atom stereocenters. The molecule has 3 rings (SSSR count). The number of hydrogen-bond donors (Lipinski definition) is 1. The third-order valence-electron chi connectivity index (χ3n) is 3.76. The molecule has 1 amide bonds. The highest BCUT2D eigenvalue weighted by molar-refractivity contribution is 6.35. The van der Waals surface area contributed by atoms with Gasteiger partial charge in [0.05, 0.1) is 11.1 Å². The highest BCUT2D eigenvalue weighted by Crippen LogP contribution is 2.29. The van der Waals surface area contributed by atoms with Gasteiger partial charge >= 0.3 is 0 Å². The van der Waals surface area contributed by atoms with Crippen molar-refractivity contribution < 1.29 is 9.53 Å². The van der Waals surface area contributed by atoms with Crippen molar-refractivity contribution >= 4 is 40.0 Å². The molecule has 0 fully saturated rings. The number of halogens is 2. The van der Waals surface area contributed by atoms with E-state index in [2.05, 4.69) is 10.3 Å². The van der Waals surface area contributed by atoms with Crippen LogP contribution in [0.15, 0.2) is 54.7 Å². The van der Waals surface area contributed by atoms with Crippen LogP contribution in [-0.2, 0) is 4.79 Å². The van der Waals surface area contributed by atoms with Crippen LogP contribution in [0.25, 0.3) is 10.9 Å². The van der Waals surface area contributed by atoms with Gasteiger partial charge in [0, 0.05) is 16.6 Å². The topological polar surface area (TPSA) is 51.2 Å². The number of carbonyl (C=O) groups excluding carboxylic acids is 1. The third kappa shape index (κ3) is 4.21. The molecule has 0 aliphatic rings. The predicted molar refractivity (Wildman–Crippen MR) is 100 cm³/mol. The Morgan fingerprint density at radius 1 is 1.20 bits per heavy atom. The van der Waals surface area contributed by atoms with Crippen molar-refractivity contribution in [2.45, 2.75) is 13.0 Å². The van der Waals surface area contributed by atoms with Crippen molar-refractivity contribution in [2.24, 2.45) is 0 Å². The molecule has 3 aromatic rings. The number of ether oxygens (including phenoxy) is 1. The van der Waals surface area contributed by atoms with Gasteiger partial charge in [-0.1, -0.05) is 35.3 Å². The molecule has 128 valence electrons. The van der Waals surface area contributed by atoms with E-state index in [-0.39, 0.29) is 18.6 Å². The lowest BCUT2D eigenvalue weighted by Gasteiger charge is -2.15. The smallest absolute Gasteiger partial charge is 0.258 e. The zero-order valence-corrected chi connectivity index (χ0v) is 15.0. The maximum absolute atomic E-state index is 12.2. The summed E-state index contributed by atoms with van der Waals surface area (Å²) in [5, 5.41) is 4.90. The molecule has 1 N–H and O–H groups in total. The number of amides is 1. The zero-order chi connectivity index (χ0) is 17.8. The molecule has 0 unspecified atom stereocenters. The molecule has 0 saturated heterocycles. The largest absolute Gasteiger partial charge is 0.481 e. The molecule has 4 nitrogen and oxygen atoms in total. The SMILES string of the molecule is C[C@@H](NC(=O)COc1ccc(Cl)c2cccnc12)c1cccc(Cl)c1. The first kappa shape index (κ1) is 17.5. The number of hydrogen-bond acceptors (Lipinski definition) is 3. The van der Waals surface area contributed by atoms with E-state index in [1.807, 2.05) is 31.2 Å². The van der Waals surface area contributed by atoms with Crippen LogP contribution in [0.5, 0.6) is 5.75 Å². The summed E-state index contributed by atoms with van der Waals surface area (Å²) < 4.78 is 5.64. The van der Waals surface area contributed by atoms with Crippen molar-refractivity contribution in [2.75, 3.05) is 6.61 Å². The highest BCUT2D eigenvalue weighted by Gasteiger charge is 2.12. The summed E-state index contributed by atoms with van der Waals surface area (Å²) in [6, 6.07) is 14.3. The van der Waals surface area contributed by atoms with Gasteiger partial charge in [-0.3, -0.25) is 9.78 Å². The minimum Gasteiger partial charge on any atom is -0.481 e. The Balaban J connectivity index is 1.66. The number of nitrogens with zero attached hydrogens (tertiary/aromatic N) is 1. The Morgan fingerprint density at radius 2 is 2.04 bits per heavy atom. The molecule has 1 aromatic heterocycles. The van der Waals surface area contributed by atoms with E-state index in [0.717, 1.165) is 10.9 Å². The van der Waals surface area contributed by atoms with E-state index in [9.17, 15) is 4.79 Å². The fourth-order valence-corrected chi connectivity index (χ4v) is 2.93. The number of nitrogens with one attached hydrogen (secondary N) is 1. The molecule has 0 radical (unpaired) electrons. The van der Waals surface area contributed by atoms with Crippen molar-refractivity contribution in [3.63, 3.8) is 0 Å². The third-order valence-corrected chi connectivity index (χ3v) is 4.33. The summed E-state index contributed by atoms with van der Waals surface area (Å²) >= 11 is 12.1. The summed E-state index contributed by atoms with van der Waals surface area (Å²) in [6.07, 6.45) is 1.66. The van der Waals surface area contributed by atoms with Crippen LogP contribution < -0.4 is 10.1 Å². The number of aromatic nitrogens is 1. The first-order chi connectivity index (χ1) is 12.0. The molecule has 25 heavy (non-hydrogen) atoms. The molecule has 0 saturated carbocycles. The van der Waals surface area contributed by atoms with Gasteiger partial charge in [-0.25, -0.2) is 0 Å². The predicted octanol–water partition coefficient (Wildman–Crippen LogP) is 4.80. The van der Waals surface area contributed by atoms with Crippen LogP contribution in [0.2, 0.25) is 10.0 Å². The van der Waals surface area contributed by atoms with E-state index < -0.39 is 0 Å². The second kappa shape index (κ2) is 7.72. The molecule has 2 aromatic carbocycles. The maximum atomic E-state index is 12.2. The molecule has 6 heteroatoms. The number of carbonyl (C=O) groups is 1. The number of pyridine rings is 1. The van der Waals surface area contributed by atoms with E-state index in [1.54, 1.807) is 30.5 Å². The second-order valence-electron chi connectivity index (χ2n) is 5.58. The molecule has 0 spiro atoms. The van der Waals surface area contributed by atoms with Gasteiger partial charge in [0.1, 0.15) is 11.3 Å². The van der Waals surface area contributed by atoms with E-state index >= 15 is 0 Å². The van der Waals surface area contributed by atoms with Crippen LogP contribution >= 0.6 is 23.2 Å². The first-order valence-corrected chi connectivity index (χ1v) is 8.51. The summed E-state index contributed by atoms with van der Waals surface area (Å²) in [5.41, 5.74) is 1.56. The van der Waals surface area contributed by atoms with Crippen LogP contribution in [-0.4, -0.2) is 17.5 Å². The normalized spacial score (nSPS) is 12.0. The van der Waals surface area contributed by atoms with E-state index in [0.29, 0.717) is 21.3 Å². The zero-order valence-electron chi connectivity index (χ0n) is 13.5. The van der Waals surface area contributed by atoms with E-state index in [4.69, 9.17) is 27.9 Å². The Morgan fingerprint density at radius 3 is 2.84 bits per heavy atom. The lowest BCUT2D eigenvalue weighted by Crippen LogP contribution is -2.31. The average molecular weight is 375 g/mol. The molecular weight excluding hydrogens is 359 g/mol. The molecule has 0 aliphatic carbocycles. The number of rotatable bonds is 5. The summed E-state index contributed by atoms with van der Waals surface area (Å²) in [6.45, 7) is 1.78. The summed E-state index contributed by atoms with van der Waals surface area (Å²) in [5.74, 6) is 0.289. The molecule has 1 heterocycles. The Labute approximate surface area is 155 Å². The van der Waals surface area contributed by atoms with Crippen molar-refractivity contribution in [1.29, 1.82) is 0 Å². The molecule has 0 bridgehead atoms. The van der Waals surface area contributed by atoms with Gasteiger partial charge in [0.25, 0.3) is 5.91 Å². The van der Waals surface area contributed by atoms with Crippen molar-refractivity contribution in [1.82, 2.24) is 10.3 Å². The fourth-order valence-electron chi connectivity index (χ4n) is 2.51. The Hall–Kier alpha value is -2.30. The Kier molecular flexibility index (Phi) is 5.41. The molecule has 0 aliphatic heterocycles. The lowest BCUT2D eigenvalue weighted by molar-refractivity contribution is -0.123. The lowest BCUT2D eigenvalue weighted by atomic mass is 10.1. The van der Waals surface area contributed by atoms with Gasteiger partial charge in [0.15, 0.2) is 6.61 Å². The highest BCUT2D eigenvalue weighted by atomic mass is 35.5. The van der Waals surface area contributed by atoms with Gasteiger partial charge in [-0.2, -0.15) is 0 Å².